The molecule has 11 heteroatoms. The lowest BCUT2D eigenvalue weighted by atomic mass is 10.1. The van der Waals surface area contributed by atoms with Crippen molar-refractivity contribution in [3.8, 4) is 28.3 Å². The van der Waals surface area contributed by atoms with Gasteiger partial charge < -0.3 is 20.1 Å². The first-order chi connectivity index (χ1) is 18.1. The largest absolute Gasteiger partial charge is 0.484 e. The van der Waals surface area contributed by atoms with Gasteiger partial charge in [-0.2, -0.15) is 5.10 Å². The Balaban J connectivity index is 0.00000210. The molecule has 0 fully saturated rings. The van der Waals surface area contributed by atoms with Crippen LogP contribution in [0.15, 0.2) is 60.9 Å². The van der Waals surface area contributed by atoms with Crippen molar-refractivity contribution in [2.45, 2.75) is 45.9 Å². The third-order valence-electron chi connectivity index (χ3n) is 6.37. The quantitative estimate of drug-likeness (QED) is 0.219. The average Bonchev–Trinajstić information content (AvgIpc) is 3.64. The lowest BCUT2D eigenvalue weighted by molar-refractivity contribution is -0.123. The third kappa shape index (κ3) is 7.26. The molecule has 0 saturated carbocycles. The Bertz CT molecular complexity index is 1360. The van der Waals surface area contributed by atoms with Gasteiger partial charge in [0.05, 0.1) is 25.1 Å². The number of carbonyl (C=O) groups is 1. The van der Waals surface area contributed by atoms with Crippen molar-refractivity contribution in [1.82, 2.24) is 25.5 Å². The zero-order valence-corrected chi connectivity index (χ0v) is 23.4. The molecular formula is C28H32Cl2N6O3. The number of hydrogen-bond acceptors (Lipinski definition) is 7. The molecular weight excluding hydrogens is 539 g/mol. The zero-order chi connectivity index (χ0) is 25.6. The molecule has 39 heavy (non-hydrogen) atoms. The Morgan fingerprint density at radius 2 is 1.82 bits per heavy atom. The predicted molar refractivity (Wildman–Crippen MR) is 156 cm³/mol. The van der Waals surface area contributed by atoms with Gasteiger partial charge in [-0.25, -0.2) is 9.97 Å². The number of H-pyrrole nitrogens is 1. The second-order valence-corrected chi connectivity index (χ2v) is 8.90. The molecule has 0 atom stereocenters. The first-order valence-electron chi connectivity index (χ1n) is 12.5. The van der Waals surface area contributed by atoms with Gasteiger partial charge in [0.1, 0.15) is 11.6 Å². The maximum atomic E-state index is 12.2. The molecule has 0 spiro atoms. The molecule has 0 bridgehead atoms. The summed E-state index contributed by atoms with van der Waals surface area (Å²) in [6, 6.07) is 15.7. The third-order valence-corrected chi connectivity index (χ3v) is 6.37. The molecule has 3 N–H and O–H groups in total. The summed E-state index contributed by atoms with van der Waals surface area (Å²) in [5.41, 5.74) is 5.62. The van der Waals surface area contributed by atoms with E-state index in [0.717, 1.165) is 46.5 Å². The standard InChI is InChI=1S/C28H30N6O3.2ClH/c1-3-21(4-2)31-26(35)17-37-23-7-5-6-19(12-23)27-33-25-16-36-15-24(25)28(34-27)32-22-10-8-18(9-11-22)20-13-29-30-14-20;;/h5-14,21H,3-4,15-17H2,1-2H3,(H,29,30)(H,31,35)(H,32,33,34);2*1H. The van der Waals surface area contributed by atoms with Crippen molar-refractivity contribution in [3.05, 3.63) is 72.2 Å². The number of fused-ring (bicyclic) bond motifs is 1. The van der Waals surface area contributed by atoms with Crippen LogP contribution in [-0.2, 0) is 22.7 Å². The fourth-order valence-corrected chi connectivity index (χ4v) is 4.21. The highest BCUT2D eigenvalue weighted by molar-refractivity contribution is 5.85. The van der Waals surface area contributed by atoms with Crippen LogP contribution in [0.5, 0.6) is 5.75 Å². The van der Waals surface area contributed by atoms with Crippen LogP contribution in [0, 0.1) is 0 Å². The van der Waals surface area contributed by atoms with Crippen LogP contribution in [0.25, 0.3) is 22.5 Å². The Labute approximate surface area is 240 Å². The van der Waals surface area contributed by atoms with E-state index in [1.54, 1.807) is 6.20 Å². The summed E-state index contributed by atoms with van der Waals surface area (Å²) in [5.74, 6) is 1.73. The second-order valence-electron chi connectivity index (χ2n) is 8.90. The number of amides is 1. The SMILES string of the molecule is CCC(CC)NC(=O)COc1cccc(-c2nc3c(c(Nc4ccc(-c5cn[nH]c5)cc4)n2)COC3)c1.Cl.Cl. The van der Waals surface area contributed by atoms with E-state index in [1.807, 2.05) is 54.7 Å². The molecule has 1 aliphatic heterocycles. The normalized spacial score (nSPS) is 11.8. The van der Waals surface area contributed by atoms with E-state index in [9.17, 15) is 4.79 Å². The van der Waals surface area contributed by atoms with E-state index >= 15 is 0 Å². The molecule has 0 radical (unpaired) electrons. The minimum Gasteiger partial charge on any atom is -0.484 e. The van der Waals surface area contributed by atoms with Crippen LogP contribution in [0.4, 0.5) is 11.5 Å². The fourth-order valence-electron chi connectivity index (χ4n) is 4.21. The molecule has 0 aliphatic carbocycles. The van der Waals surface area contributed by atoms with Gasteiger partial charge in [0.15, 0.2) is 12.4 Å². The van der Waals surface area contributed by atoms with E-state index in [2.05, 4.69) is 34.7 Å². The molecule has 4 aromatic rings. The molecule has 1 aliphatic rings. The van der Waals surface area contributed by atoms with Crippen molar-refractivity contribution in [2.24, 2.45) is 0 Å². The number of halogens is 2. The van der Waals surface area contributed by atoms with Gasteiger partial charge >= 0.3 is 0 Å². The van der Waals surface area contributed by atoms with Crippen LogP contribution in [0.2, 0.25) is 0 Å². The Morgan fingerprint density at radius 3 is 2.54 bits per heavy atom. The zero-order valence-electron chi connectivity index (χ0n) is 21.8. The van der Waals surface area contributed by atoms with Crippen LogP contribution in [0.1, 0.15) is 37.9 Å². The van der Waals surface area contributed by atoms with Gasteiger partial charge in [0.2, 0.25) is 0 Å². The molecule has 0 unspecified atom stereocenters. The van der Waals surface area contributed by atoms with Gasteiger partial charge in [0, 0.05) is 34.6 Å². The number of benzene rings is 2. The number of ether oxygens (including phenoxy) is 2. The van der Waals surface area contributed by atoms with E-state index in [0.29, 0.717) is 30.6 Å². The second kappa shape index (κ2) is 13.9. The highest BCUT2D eigenvalue weighted by Crippen LogP contribution is 2.31. The number of rotatable bonds is 10. The first-order valence-corrected chi connectivity index (χ1v) is 12.5. The lowest BCUT2D eigenvalue weighted by Crippen LogP contribution is -2.37. The molecule has 3 heterocycles. The van der Waals surface area contributed by atoms with Gasteiger partial charge in [-0.15, -0.1) is 24.8 Å². The molecule has 5 rings (SSSR count). The van der Waals surface area contributed by atoms with Crippen LogP contribution >= 0.6 is 24.8 Å². The maximum Gasteiger partial charge on any atom is 0.258 e. The lowest BCUT2D eigenvalue weighted by Gasteiger charge is -2.15. The van der Waals surface area contributed by atoms with Crippen molar-refractivity contribution in [2.75, 3.05) is 11.9 Å². The summed E-state index contributed by atoms with van der Waals surface area (Å²) in [4.78, 5) is 21.8. The van der Waals surface area contributed by atoms with E-state index in [-0.39, 0.29) is 43.4 Å². The molecule has 9 nitrogen and oxygen atoms in total. The molecule has 2 aromatic carbocycles. The molecule has 0 saturated heterocycles. The van der Waals surface area contributed by atoms with Crippen molar-refractivity contribution >= 4 is 42.2 Å². The van der Waals surface area contributed by atoms with Crippen LogP contribution in [0.3, 0.4) is 0 Å². The fraction of sp³-hybridized carbons (Fsp3) is 0.286. The number of aromatic nitrogens is 4. The average molecular weight is 572 g/mol. The number of nitrogens with one attached hydrogen (secondary N) is 3. The smallest absolute Gasteiger partial charge is 0.258 e. The summed E-state index contributed by atoms with van der Waals surface area (Å²) in [6.45, 7) is 4.96. The summed E-state index contributed by atoms with van der Waals surface area (Å²) in [5, 5.41) is 13.3. The van der Waals surface area contributed by atoms with Crippen LogP contribution < -0.4 is 15.4 Å². The van der Waals surface area contributed by atoms with Gasteiger partial charge in [-0.1, -0.05) is 38.1 Å². The van der Waals surface area contributed by atoms with Gasteiger partial charge in [-0.3, -0.25) is 9.89 Å². The number of nitrogens with zero attached hydrogens (tertiary/aromatic N) is 3. The summed E-state index contributed by atoms with van der Waals surface area (Å²) >= 11 is 0. The van der Waals surface area contributed by atoms with Crippen molar-refractivity contribution in [3.63, 3.8) is 0 Å². The monoisotopic (exact) mass is 570 g/mol. The number of anilines is 2. The molecule has 206 valence electrons. The minimum absolute atomic E-state index is 0. The van der Waals surface area contributed by atoms with Gasteiger partial charge in [0.25, 0.3) is 5.91 Å². The minimum atomic E-state index is -0.129. The predicted octanol–water partition coefficient (Wildman–Crippen LogP) is 5.83. The van der Waals surface area contributed by atoms with E-state index < -0.39 is 0 Å². The summed E-state index contributed by atoms with van der Waals surface area (Å²) < 4.78 is 11.4. The van der Waals surface area contributed by atoms with Crippen LogP contribution in [-0.4, -0.2) is 38.7 Å². The first kappa shape index (κ1) is 29.9. The van der Waals surface area contributed by atoms with Crippen molar-refractivity contribution in [1.29, 1.82) is 0 Å². The summed E-state index contributed by atoms with van der Waals surface area (Å²) in [6.07, 6.45) is 5.44. The van der Waals surface area contributed by atoms with Gasteiger partial charge in [-0.05, 0) is 42.7 Å². The number of aromatic amines is 1. The number of carbonyl (C=O) groups excluding carboxylic acids is 1. The Hall–Kier alpha value is -3.66. The molecule has 1 amide bonds. The van der Waals surface area contributed by atoms with E-state index in [1.165, 1.54) is 0 Å². The topological polar surface area (TPSA) is 114 Å². The van der Waals surface area contributed by atoms with Crippen molar-refractivity contribution < 1.29 is 14.3 Å². The highest BCUT2D eigenvalue weighted by Gasteiger charge is 2.21. The highest BCUT2D eigenvalue weighted by atomic mass is 35.5. The number of hydrogen-bond donors (Lipinski definition) is 3. The Kier molecular flexibility index (Phi) is 10.7. The molecule has 2 aromatic heterocycles. The summed E-state index contributed by atoms with van der Waals surface area (Å²) in [7, 11) is 0. The maximum absolute atomic E-state index is 12.2. The van der Waals surface area contributed by atoms with E-state index in [4.69, 9.17) is 19.4 Å². The Morgan fingerprint density at radius 1 is 1.03 bits per heavy atom.